The third-order valence-corrected chi connectivity index (χ3v) is 3.14. The molecular formula is C15H17N3O2. The normalized spacial score (nSPS) is 10.2. The van der Waals surface area contributed by atoms with Crippen LogP contribution in [0.3, 0.4) is 0 Å². The largest absolute Gasteiger partial charge is 0.338 e. The van der Waals surface area contributed by atoms with E-state index >= 15 is 0 Å². The Kier molecular flexibility index (Phi) is 4.65. The first-order valence-corrected chi connectivity index (χ1v) is 6.58. The van der Waals surface area contributed by atoms with E-state index in [0.29, 0.717) is 13.1 Å². The van der Waals surface area contributed by atoms with Crippen molar-refractivity contribution in [1.82, 2.24) is 14.9 Å². The van der Waals surface area contributed by atoms with E-state index < -0.39 is 0 Å². The maximum Gasteiger partial charge on any atom is 0.260 e. The molecule has 0 fully saturated rings. The van der Waals surface area contributed by atoms with Crippen LogP contribution in [0.5, 0.6) is 0 Å². The van der Waals surface area contributed by atoms with Crippen molar-refractivity contribution in [3.05, 3.63) is 64.3 Å². The summed E-state index contributed by atoms with van der Waals surface area (Å²) in [7, 11) is 0. The van der Waals surface area contributed by atoms with Gasteiger partial charge in [-0.05, 0) is 43.2 Å². The van der Waals surface area contributed by atoms with Gasteiger partial charge in [-0.3, -0.25) is 14.6 Å². The molecule has 0 aromatic carbocycles. The standard InChI is InChI=1S/C15H17N3O2/c1-2-18(11-7-12-5-9-16-10-6-12)15(20)13-4-3-8-17-14(13)19/h3-6,8-10H,2,7,11H2,1H3,(H,17,19). The molecule has 0 unspecified atom stereocenters. The number of carbonyl (C=O) groups excluding carboxylic acids is 1. The average molecular weight is 271 g/mol. The average Bonchev–Trinajstić information content (AvgIpc) is 2.49. The quantitative estimate of drug-likeness (QED) is 0.895. The zero-order valence-corrected chi connectivity index (χ0v) is 11.4. The fourth-order valence-corrected chi connectivity index (χ4v) is 1.98. The van der Waals surface area contributed by atoms with Gasteiger partial charge in [0.05, 0.1) is 0 Å². The Morgan fingerprint density at radius 3 is 2.70 bits per heavy atom. The highest BCUT2D eigenvalue weighted by Gasteiger charge is 2.16. The molecule has 1 N–H and O–H groups in total. The summed E-state index contributed by atoms with van der Waals surface area (Å²) in [5, 5.41) is 0. The number of aromatic amines is 1. The van der Waals surface area contributed by atoms with E-state index in [2.05, 4.69) is 9.97 Å². The zero-order chi connectivity index (χ0) is 14.4. The molecule has 0 atom stereocenters. The molecule has 2 aromatic rings. The lowest BCUT2D eigenvalue weighted by molar-refractivity contribution is 0.0764. The molecular weight excluding hydrogens is 254 g/mol. The number of aromatic nitrogens is 2. The highest BCUT2D eigenvalue weighted by Crippen LogP contribution is 2.03. The molecule has 0 aliphatic heterocycles. The number of rotatable bonds is 5. The lowest BCUT2D eigenvalue weighted by Crippen LogP contribution is -2.36. The van der Waals surface area contributed by atoms with Gasteiger partial charge in [-0.15, -0.1) is 0 Å². The number of likely N-dealkylation sites (N-methyl/N-ethyl adjacent to an activating group) is 1. The molecule has 1 amide bonds. The van der Waals surface area contributed by atoms with E-state index in [4.69, 9.17) is 0 Å². The maximum atomic E-state index is 12.3. The first-order valence-electron chi connectivity index (χ1n) is 6.58. The Labute approximate surface area is 117 Å². The summed E-state index contributed by atoms with van der Waals surface area (Å²) in [6.45, 7) is 3.05. The van der Waals surface area contributed by atoms with Gasteiger partial charge in [0.2, 0.25) is 0 Å². The SMILES string of the molecule is CCN(CCc1ccncc1)C(=O)c1ccc[nH]c1=O. The van der Waals surface area contributed by atoms with E-state index in [1.165, 1.54) is 6.20 Å². The zero-order valence-electron chi connectivity index (χ0n) is 11.4. The summed E-state index contributed by atoms with van der Waals surface area (Å²) in [5.74, 6) is -0.233. The molecule has 0 spiro atoms. The van der Waals surface area contributed by atoms with Gasteiger partial charge in [0.15, 0.2) is 0 Å². The van der Waals surface area contributed by atoms with Crippen molar-refractivity contribution in [3.8, 4) is 0 Å². The van der Waals surface area contributed by atoms with E-state index in [9.17, 15) is 9.59 Å². The van der Waals surface area contributed by atoms with Crippen LogP contribution in [0, 0.1) is 0 Å². The molecule has 2 rings (SSSR count). The van der Waals surface area contributed by atoms with Gasteiger partial charge < -0.3 is 9.88 Å². The number of hydrogen-bond acceptors (Lipinski definition) is 3. The molecule has 0 aliphatic rings. The summed E-state index contributed by atoms with van der Waals surface area (Å²) in [6, 6.07) is 7.06. The lowest BCUT2D eigenvalue weighted by Gasteiger charge is -2.20. The van der Waals surface area contributed by atoms with Crippen LogP contribution in [0.15, 0.2) is 47.7 Å². The van der Waals surface area contributed by atoms with E-state index in [0.717, 1.165) is 12.0 Å². The van der Waals surface area contributed by atoms with Crippen molar-refractivity contribution < 1.29 is 4.79 Å². The number of pyridine rings is 2. The highest BCUT2D eigenvalue weighted by atomic mass is 16.2. The number of hydrogen-bond donors (Lipinski definition) is 1. The van der Waals surface area contributed by atoms with Gasteiger partial charge in [0, 0.05) is 31.7 Å². The second-order valence-corrected chi connectivity index (χ2v) is 4.40. The molecule has 20 heavy (non-hydrogen) atoms. The number of nitrogens with zero attached hydrogens (tertiary/aromatic N) is 2. The second-order valence-electron chi connectivity index (χ2n) is 4.40. The maximum absolute atomic E-state index is 12.3. The van der Waals surface area contributed by atoms with Crippen molar-refractivity contribution in [2.24, 2.45) is 0 Å². The fourth-order valence-electron chi connectivity index (χ4n) is 1.98. The molecule has 0 radical (unpaired) electrons. The summed E-state index contributed by atoms with van der Waals surface area (Å²) < 4.78 is 0. The summed E-state index contributed by atoms with van der Waals surface area (Å²) in [6.07, 6.45) is 5.73. The third kappa shape index (κ3) is 3.32. The minimum atomic E-state index is -0.347. The summed E-state index contributed by atoms with van der Waals surface area (Å²) >= 11 is 0. The van der Waals surface area contributed by atoms with Gasteiger partial charge in [0.1, 0.15) is 5.56 Å². The second kappa shape index (κ2) is 6.65. The van der Waals surface area contributed by atoms with Crippen LogP contribution < -0.4 is 5.56 Å². The number of amides is 1. The van der Waals surface area contributed by atoms with E-state index in [1.54, 1.807) is 29.4 Å². The van der Waals surface area contributed by atoms with Crippen LogP contribution in [0.4, 0.5) is 0 Å². The minimum absolute atomic E-state index is 0.184. The monoisotopic (exact) mass is 271 g/mol. The highest BCUT2D eigenvalue weighted by molar-refractivity contribution is 5.93. The van der Waals surface area contributed by atoms with Crippen molar-refractivity contribution in [2.75, 3.05) is 13.1 Å². The molecule has 5 nitrogen and oxygen atoms in total. The molecule has 0 bridgehead atoms. The minimum Gasteiger partial charge on any atom is -0.338 e. The topological polar surface area (TPSA) is 66.1 Å². The Hall–Kier alpha value is -2.43. The summed E-state index contributed by atoms with van der Waals surface area (Å²) in [4.78, 5) is 32.1. The third-order valence-electron chi connectivity index (χ3n) is 3.14. The van der Waals surface area contributed by atoms with Crippen LogP contribution in [-0.2, 0) is 6.42 Å². The Morgan fingerprint density at radius 2 is 2.05 bits per heavy atom. The fraction of sp³-hybridized carbons (Fsp3) is 0.267. The van der Waals surface area contributed by atoms with Crippen molar-refractivity contribution in [1.29, 1.82) is 0 Å². The molecule has 0 saturated heterocycles. The summed E-state index contributed by atoms with van der Waals surface area (Å²) in [5.41, 5.74) is 0.956. The first-order chi connectivity index (χ1) is 9.72. The Morgan fingerprint density at radius 1 is 1.30 bits per heavy atom. The van der Waals surface area contributed by atoms with Gasteiger partial charge in [-0.25, -0.2) is 0 Å². The predicted molar refractivity (Wildman–Crippen MR) is 76.6 cm³/mol. The Bertz CT molecular complexity index is 622. The van der Waals surface area contributed by atoms with Crippen molar-refractivity contribution >= 4 is 5.91 Å². The number of H-pyrrole nitrogens is 1. The van der Waals surface area contributed by atoms with Crippen LogP contribution >= 0.6 is 0 Å². The molecule has 2 heterocycles. The van der Waals surface area contributed by atoms with Gasteiger partial charge in [-0.2, -0.15) is 0 Å². The van der Waals surface area contributed by atoms with E-state index in [-0.39, 0.29) is 17.0 Å². The van der Waals surface area contributed by atoms with Crippen LogP contribution in [0.1, 0.15) is 22.8 Å². The predicted octanol–water partition coefficient (Wildman–Crippen LogP) is 1.47. The molecule has 5 heteroatoms. The molecule has 0 saturated carbocycles. The molecule has 0 aliphatic carbocycles. The molecule has 2 aromatic heterocycles. The smallest absolute Gasteiger partial charge is 0.260 e. The van der Waals surface area contributed by atoms with E-state index in [1.807, 2.05) is 19.1 Å². The first kappa shape index (κ1) is 14.0. The van der Waals surface area contributed by atoms with Crippen LogP contribution in [-0.4, -0.2) is 33.9 Å². The van der Waals surface area contributed by atoms with Gasteiger partial charge >= 0.3 is 0 Å². The van der Waals surface area contributed by atoms with Crippen molar-refractivity contribution in [2.45, 2.75) is 13.3 Å². The Balaban J connectivity index is 2.07. The lowest BCUT2D eigenvalue weighted by atomic mass is 10.1. The van der Waals surface area contributed by atoms with Gasteiger partial charge in [0.25, 0.3) is 11.5 Å². The number of nitrogens with one attached hydrogen (secondary N) is 1. The van der Waals surface area contributed by atoms with Gasteiger partial charge in [-0.1, -0.05) is 0 Å². The number of carbonyl (C=O) groups is 1. The van der Waals surface area contributed by atoms with Crippen LogP contribution in [0.25, 0.3) is 0 Å². The molecule has 104 valence electrons. The van der Waals surface area contributed by atoms with Crippen molar-refractivity contribution in [3.63, 3.8) is 0 Å². The van der Waals surface area contributed by atoms with Crippen LogP contribution in [0.2, 0.25) is 0 Å².